The minimum absolute atomic E-state index is 0.0493. The van der Waals surface area contributed by atoms with E-state index in [1.807, 2.05) is 31.4 Å². The van der Waals surface area contributed by atoms with Gasteiger partial charge in [-0.05, 0) is 53.3 Å². The standard InChI is InChI=1S/C26H25NO5S/c1-15(2)17-14-16(11-12-19(17)31-3)24(28)22-23(21-10-7-13-33-21)27(26(30)25(22)29)18-8-5-6-9-20(18)32-4/h5-15,23,28H,1-4H3/b24-22-. The molecule has 1 aliphatic heterocycles. The molecule has 3 aromatic rings. The number of aliphatic hydroxyl groups is 1. The molecule has 1 aromatic heterocycles. The largest absolute Gasteiger partial charge is 0.507 e. The van der Waals surface area contributed by atoms with E-state index in [0.29, 0.717) is 22.7 Å². The molecule has 1 fully saturated rings. The Bertz CT molecular complexity index is 1230. The van der Waals surface area contributed by atoms with Crippen molar-refractivity contribution in [2.45, 2.75) is 25.8 Å². The van der Waals surface area contributed by atoms with Crippen LogP contribution in [0.3, 0.4) is 0 Å². The van der Waals surface area contributed by atoms with Crippen LogP contribution in [0.2, 0.25) is 0 Å². The molecule has 0 saturated carbocycles. The Hall–Kier alpha value is -3.58. The first kappa shape index (κ1) is 22.6. The lowest BCUT2D eigenvalue weighted by molar-refractivity contribution is -0.132. The van der Waals surface area contributed by atoms with Crippen LogP contribution in [0.4, 0.5) is 5.69 Å². The summed E-state index contributed by atoms with van der Waals surface area (Å²) in [5.74, 6) is -0.362. The summed E-state index contributed by atoms with van der Waals surface area (Å²) in [6, 6.07) is 15.2. The summed E-state index contributed by atoms with van der Waals surface area (Å²) >= 11 is 1.41. The number of para-hydroxylation sites is 2. The van der Waals surface area contributed by atoms with E-state index in [-0.39, 0.29) is 17.3 Å². The zero-order valence-electron chi connectivity index (χ0n) is 18.9. The SMILES string of the molecule is COc1ccc(/C(O)=C2/C(=O)C(=O)N(c3ccccc3OC)C2c2cccs2)cc1C(C)C. The van der Waals surface area contributed by atoms with Crippen LogP contribution in [-0.4, -0.2) is 31.0 Å². The van der Waals surface area contributed by atoms with E-state index in [1.54, 1.807) is 49.6 Å². The van der Waals surface area contributed by atoms with Gasteiger partial charge in [-0.25, -0.2) is 0 Å². The molecule has 2 aromatic carbocycles. The van der Waals surface area contributed by atoms with Crippen LogP contribution in [0, 0.1) is 0 Å². The monoisotopic (exact) mass is 463 g/mol. The number of ketones is 1. The highest BCUT2D eigenvalue weighted by molar-refractivity contribution is 7.10. The quantitative estimate of drug-likeness (QED) is 0.296. The first-order chi connectivity index (χ1) is 15.9. The first-order valence-electron chi connectivity index (χ1n) is 10.5. The second-order valence-electron chi connectivity index (χ2n) is 7.97. The average molecular weight is 464 g/mol. The maximum atomic E-state index is 13.3. The third-order valence-electron chi connectivity index (χ3n) is 5.73. The lowest BCUT2D eigenvalue weighted by Gasteiger charge is -2.25. The topological polar surface area (TPSA) is 76.1 Å². The Balaban J connectivity index is 1.94. The van der Waals surface area contributed by atoms with Crippen molar-refractivity contribution in [3.8, 4) is 11.5 Å². The number of carbonyl (C=O) groups is 2. The van der Waals surface area contributed by atoms with Gasteiger partial charge in [0.2, 0.25) is 0 Å². The molecule has 1 amide bonds. The fourth-order valence-electron chi connectivity index (χ4n) is 4.11. The number of anilines is 1. The third kappa shape index (κ3) is 3.89. The number of carbonyl (C=O) groups excluding carboxylic acids is 2. The van der Waals surface area contributed by atoms with Crippen molar-refractivity contribution in [1.82, 2.24) is 0 Å². The molecule has 4 rings (SSSR count). The van der Waals surface area contributed by atoms with Gasteiger partial charge < -0.3 is 14.6 Å². The Labute approximate surface area is 196 Å². The number of benzene rings is 2. The molecule has 6 nitrogen and oxygen atoms in total. The molecule has 1 aliphatic rings. The second kappa shape index (κ2) is 9.11. The van der Waals surface area contributed by atoms with E-state index in [9.17, 15) is 14.7 Å². The van der Waals surface area contributed by atoms with Crippen LogP contribution in [0.5, 0.6) is 11.5 Å². The molecule has 1 N–H and O–H groups in total. The van der Waals surface area contributed by atoms with Crippen LogP contribution < -0.4 is 14.4 Å². The summed E-state index contributed by atoms with van der Waals surface area (Å²) in [7, 11) is 3.11. The molecular formula is C26H25NO5S. The molecule has 7 heteroatoms. The number of rotatable bonds is 6. The van der Waals surface area contributed by atoms with E-state index in [4.69, 9.17) is 9.47 Å². The Morgan fingerprint density at radius 1 is 1.00 bits per heavy atom. The highest BCUT2D eigenvalue weighted by Crippen LogP contribution is 2.46. The summed E-state index contributed by atoms with van der Waals surface area (Å²) in [6.45, 7) is 4.04. The molecule has 170 valence electrons. The fourth-order valence-corrected chi connectivity index (χ4v) is 4.94. The van der Waals surface area contributed by atoms with Crippen LogP contribution in [0.25, 0.3) is 5.76 Å². The Morgan fingerprint density at radius 2 is 1.73 bits per heavy atom. The zero-order chi connectivity index (χ0) is 23.7. The Morgan fingerprint density at radius 3 is 2.36 bits per heavy atom. The molecule has 0 bridgehead atoms. The minimum atomic E-state index is -0.772. The third-order valence-corrected chi connectivity index (χ3v) is 6.65. The van der Waals surface area contributed by atoms with Gasteiger partial charge in [0, 0.05) is 10.4 Å². The van der Waals surface area contributed by atoms with Gasteiger partial charge in [-0.15, -0.1) is 11.3 Å². The smallest absolute Gasteiger partial charge is 0.300 e. The van der Waals surface area contributed by atoms with Crippen molar-refractivity contribution in [2.24, 2.45) is 0 Å². The molecule has 1 saturated heterocycles. The lowest BCUT2D eigenvalue weighted by atomic mass is 9.95. The number of thiophene rings is 1. The summed E-state index contributed by atoms with van der Waals surface area (Å²) in [6.07, 6.45) is 0. The van der Waals surface area contributed by atoms with Gasteiger partial charge in [0.25, 0.3) is 11.7 Å². The first-order valence-corrected chi connectivity index (χ1v) is 11.4. The summed E-state index contributed by atoms with van der Waals surface area (Å²) in [4.78, 5) is 28.7. The normalized spacial score (nSPS) is 17.6. The van der Waals surface area contributed by atoms with Gasteiger partial charge in [-0.1, -0.05) is 32.0 Å². The highest BCUT2D eigenvalue weighted by atomic mass is 32.1. The predicted molar refractivity (Wildman–Crippen MR) is 129 cm³/mol. The molecular weight excluding hydrogens is 438 g/mol. The van der Waals surface area contributed by atoms with Gasteiger partial charge in [0.1, 0.15) is 23.3 Å². The van der Waals surface area contributed by atoms with Gasteiger partial charge >= 0.3 is 0 Å². The van der Waals surface area contributed by atoms with Crippen molar-refractivity contribution >= 4 is 34.5 Å². The molecule has 0 aliphatic carbocycles. The van der Waals surface area contributed by atoms with E-state index >= 15 is 0 Å². The van der Waals surface area contributed by atoms with Crippen LogP contribution in [0.15, 0.2) is 65.6 Å². The summed E-state index contributed by atoms with van der Waals surface area (Å²) < 4.78 is 10.9. The average Bonchev–Trinajstić information content (AvgIpc) is 3.45. The number of hydrogen-bond donors (Lipinski definition) is 1. The molecule has 1 unspecified atom stereocenters. The number of amides is 1. The van der Waals surface area contributed by atoms with Crippen molar-refractivity contribution in [3.05, 3.63) is 81.6 Å². The predicted octanol–water partition coefficient (Wildman–Crippen LogP) is 5.52. The zero-order valence-corrected chi connectivity index (χ0v) is 19.7. The van der Waals surface area contributed by atoms with Crippen molar-refractivity contribution in [3.63, 3.8) is 0 Å². The molecule has 33 heavy (non-hydrogen) atoms. The van der Waals surface area contributed by atoms with Crippen LogP contribution in [0.1, 0.15) is 41.8 Å². The van der Waals surface area contributed by atoms with Crippen molar-refractivity contribution < 1.29 is 24.2 Å². The highest BCUT2D eigenvalue weighted by Gasteiger charge is 2.48. The number of Topliss-reactive ketones (excluding diaryl/α,β-unsaturated/α-hetero) is 1. The molecule has 2 heterocycles. The fraction of sp³-hybridized carbons (Fsp3) is 0.231. The maximum absolute atomic E-state index is 13.3. The molecule has 0 spiro atoms. The maximum Gasteiger partial charge on any atom is 0.300 e. The van der Waals surface area contributed by atoms with Crippen molar-refractivity contribution in [2.75, 3.05) is 19.1 Å². The Kier molecular flexibility index (Phi) is 6.24. The van der Waals surface area contributed by atoms with E-state index in [1.165, 1.54) is 23.3 Å². The summed E-state index contributed by atoms with van der Waals surface area (Å²) in [5, 5.41) is 13.2. The van der Waals surface area contributed by atoms with Gasteiger partial charge in [0.05, 0.1) is 25.5 Å². The number of ether oxygens (including phenoxy) is 2. The molecule has 0 radical (unpaired) electrons. The van der Waals surface area contributed by atoms with Crippen LogP contribution >= 0.6 is 11.3 Å². The van der Waals surface area contributed by atoms with Gasteiger partial charge in [-0.3, -0.25) is 14.5 Å². The van der Waals surface area contributed by atoms with E-state index in [0.717, 1.165) is 10.4 Å². The summed E-state index contributed by atoms with van der Waals surface area (Å²) in [5.41, 5.74) is 1.87. The number of hydrogen-bond acceptors (Lipinski definition) is 6. The number of methoxy groups -OCH3 is 2. The number of aliphatic hydroxyl groups excluding tert-OH is 1. The van der Waals surface area contributed by atoms with Crippen LogP contribution in [-0.2, 0) is 9.59 Å². The van der Waals surface area contributed by atoms with E-state index < -0.39 is 17.7 Å². The number of nitrogens with zero attached hydrogens (tertiary/aromatic N) is 1. The second-order valence-corrected chi connectivity index (χ2v) is 8.95. The van der Waals surface area contributed by atoms with Crippen molar-refractivity contribution in [1.29, 1.82) is 0 Å². The minimum Gasteiger partial charge on any atom is -0.507 e. The van der Waals surface area contributed by atoms with E-state index in [2.05, 4.69) is 0 Å². The lowest BCUT2D eigenvalue weighted by Crippen LogP contribution is -2.29. The molecule has 1 atom stereocenters. The van der Waals surface area contributed by atoms with Gasteiger partial charge in [0.15, 0.2) is 0 Å². The van der Waals surface area contributed by atoms with Gasteiger partial charge in [-0.2, -0.15) is 0 Å².